The molecule has 1 N–H and O–H groups in total. The molecule has 27 heavy (non-hydrogen) atoms. The third kappa shape index (κ3) is 3.23. The number of hydrogen-bond donors (Lipinski definition) is 1. The number of benzene rings is 2. The maximum Gasteiger partial charge on any atom is 0.235 e. The smallest absolute Gasteiger partial charge is 0.235 e. The Morgan fingerprint density at radius 1 is 1.07 bits per heavy atom. The van der Waals surface area contributed by atoms with Crippen LogP contribution >= 0.6 is 11.6 Å². The number of amides is 2. The number of nitrogens with one attached hydrogen (secondary N) is 1. The first-order chi connectivity index (χ1) is 13.0. The van der Waals surface area contributed by atoms with E-state index in [1.54, 1.807) is 11.9 Å². The van der Waals surface area contributed by atoms with Crippen molar-refractivity contribution >= 4 is 34.8 Å². The molecule has 4 nitrogen and oxygen atoms in total. The van der Waals surface area contributed by atoms with Crippen molar-refractivity contribution < 1.29 is 9.59 Å². The predicted octanol–water partition coefficient (Wildman–Crippen LogP) is 4.70. The van der Waals surface area contributed by atoms with Crippen molar-refractivity contribution in [3.8, 4) is 0 Å². The minimum atomic E-state index is -0.493. The van der Waals surface area contributed by atoms with Crippen LogP contribution in [0.1, 0.15) is 43.2 Å². The van der Waals surface area contributed by atoms with E-state index in [2.05, 4.69) is 5.32 Å². The van der Waals surface area contributed by atoms with Crippen molar-refractivity contribution in [3.63, 3.8) is 0 Å². The van der Waals surface area contributed by atoms with E-state index in [0.717, 1.165) is 48.2 Å². The fourth-order valence-electron chi connectivity index (χ4n) is 4.38. The Morgan fingerprint density at radius 3 is 2.48 bits per heavy atom. The van der Waals surface area contributed by atoms with Gasteiger partial charge >= 0.3 is 0 Å². The highest BCUT2D eigenvalue weighted by atomic mass is 35.5. The van der Waals surface area contributed by atoms with Crippen LogP contribution < -0.4 is 10.2 Å². The summed E-state index contributed by atoms with van der Waals surface area (Å²) < 4.78 is 0. The Kier molecular flexibility index (Phi) is 4.68. The molecule has 1 aliphatic carbocycles. The van der Waals surface area contributed by atoms with Crippen LogP contribution in [0.15, 0.2) is 42.5 Å². The van der Waals surface area contributed by atoms with Crippen molar-refractivity contribution in [3.05, 3.63) is 58.6 Å². The molecule has 0 saturated heterocycles. The van der Waals surface area contributed by atoms with Crippen molar-refractivity contribution in [1.29, 1.82) is 0 Å². The molecule has 1 heterocycles. The van der Waals surface area contributed by atoms with Gasteiger partial charge in [-0.2, -0.15) is 0 Å². The zero-order valence-electron chi connectivity index (χ0n) is 15.4. The van der Waals surface area contributed by atoms with Gasteiger partial charge in [0.2, 0.25) is 11.8 Å². The Morgan fingerprint density at radius 2 is 1.78 bits per heavy atom. The minimum absolute atomic E-state index is 0.0440. The number of fused-ring (bicyclic) bond motifs is 1. The van der Waals surface area contributed by atoms with Gasteiger partial charge in [0, 0.05) is 29.9 Å². The molecule has 0 radical (unpaired) electrons. The van der Waals surface area contributed by atoms with Gasteiger partial charge in [0.15, 0.2) is 0 Å². The van der Waals surface area contributed by atoms with Crippen LogP contribution in [-0.2, 0) is 21.4 Å². The Balaban J connectivity index is 1.61. The lowest BCUT2D eigenvalue weighted by atomic mass is 9.78. The van der Waals surface area contributed by atoms with Gasteiger partial charge in [-0.25, -0.2) is 0 Å². The molecule has 2 aromatic rings. The highest BCUT2D eigenvalue weighted by Crippen LogP contribution is 2.42. The normalized spacial score (nSPS) is 18.3. The van der Waals surface area contributed by atoms with Crippen LogP contribution in [0.4, 0.5) is 11.4 Å². The SMILES string of the molecule is CN1C(=O)CCc2cc(NC(=O)C3(c4ccc(Cl)cc4)CCCC3)ccc21. The van der Waals surface area contributed by atoms with E-state index >= 15 is 0 Å². The molecular weight excluding hydrogens is 360 g/mol. The van der Waals surface area contributed by atoms with Crippen LogP contribution in [0.25, 0.3) is 0 Å². The van der Waals surface area contributed by atoms with Gasteiger partial charge in [0.05, 0.1) is 5.41 Å². The van der Waals surface area contributed by atoms with Crippen LogP contribution in [0.5, 0.6) is 0 Å². The summed E-state index contributed by atoms with van der Waals surface area (Å²) >= 11 is 6.03. The Labute approximate surface area is 164 Å². The van der Waals surface area contributed by atoms with E-state index in [4.69, 9.17) is 11.6 Å². The van der Waals surface area contributed by atoms with Crippen molar-refractivity contribution in [2.24, 2.45) is 0 Å². The maximum absolute atomic E-state index is 13.3. The molecule has 1 saturated carbocycles. The Hall–Kier alpha value is -2.33. The zero-order valence-corrected chi connectivity index (χ0v) is 16.2. The average molecular weight is 383 g/mol. The molecule has 0 unspecified atom stereocenters. The van der Waals surface area contributed by atoms with E-state index in [-0.39, 0.29) is 11.8 Å². The lowest BCUT2D eigenvalue weighted by molar-refractivity contribution is -0.121. The summed E-state index contributed by atoms with van der Waals surface area (Å²) in [6.07, 6.45) is 5.02. The molecule has 1 fully saturated rings. The number of hydrogen-bond acceptors (Lipinski definition) is 2. The molecule has 0 aromatic heterocycles. The molecule has 0 bridgehead atoms. The van der Waals surface area contributed by atoms with E-state index in [0.29, 0.717) is 17.9 Å². The number of aryl methyl sites for hydroxylation is 1. The highest BCUT2D eigenvalue weighted by molar-refractivity contribution is 6.30. The van der Waals surface area contributed by atoms with E-state index < -0.39 is 5.41 Å². The third-order valence-corrected chi connectivity index (χ3v) is 6.22. The molecule has 0 spiro atoms. The summed E-state index contributed by atoms with van der Waals surface area (Å²) in [7, 11) is 1.80. The van der Waals surface area contributed by atoms with Gasteiger partial charge < -0.3 is 10.2 Å². The van der Waals surface area contributed by atoms with Crippen LogP contribution in [-0.4, -0.2) is 18.9 Å². The first-order valence-corrected chi connectivity index (χ1v) is 9.84. The number of carbonyl (C=O) groups excluding carboxylic acids is 2. The predicted molar refractivity (Wildman–Crippen MR) is 108 cm³/mol. The average Bonchev–Trinajstić information content (AvgIpc) is 3.16. The number of carbonyl (C=O) groups is 2. The van der Waals surface area contributed by atoms with E-state index in [1.807, 2.05) is 42.5 Å². The summed E-state index contributed by atoms with van der Waals surface area (Å²) in [5, 5.41) is 3.82. The molecule has 2 amide bonds. The standard InChI is InChI=1S/C22H23ClN2O2/c1-25-19-10-9-18(14-15(19)4-11-20(25)26)24-21(27)22(12-2-3-13-22)16-5-7-17(23)8-6-16/h5-10,14H,2-4,11-13H2,1H3,(H,24,27). The molecule has 0 atom stereocenters. The Bertz CT molecular complexity index is 886. The van der Waals surface area contributed by atoms with Gasteiger partial charge in [-0.1, -0.05) is 36.6 Å². The topological polar surface area (TPSA) is 49.4 Å². The van der Waals surface area contributed by atoms with Crippen LogP contribution in [0.3, 0.4) is 0 Å². The van der Waals surface area contributed by atoms with Gasteiger partial charge in [0.1, 0.15) is 0 Å². The second kappa shape index (κ2) is 7.01. The van der Waals surface area contributed by atoms with Gasteiger partial charge in [-0.15, -0.1) is 0 Å². The van der Waals surface area contributed by atoms with E-state index in [1.165, 1.54) is 0 Å². The number of nitrogens with zero attached hydrogens (tertiary/aromatic N) is 1. The second-order valence-electron chi connectivity index (χ2n) is 7.55. The molecule has 2 aliphatic rings. The lowest BCUT2D eigenvalue weighted by Crippen LogP contribution is -2.38. The molecule has 1 aliphatic heterocycles. The van der Waals surface area contributed by atoms with Gasteiger partial charge in [-0.3, -0.25) is 9.59 Å². The number of anilines is 2. The molecule has 140 valence electrons. The summed E-state index contributed by atoms with van der Waals surface area (Å²) in [6.45, 7) is 0. The highest BCUT2D eigenvalue weighted by Gasteiger charge is 2.42. The third-order valence-electron chi connectivity index (χ3n) is 5.97. The quantitative estimate of drug-likeness (QED) is 0.836. The summed E-state index contributed by atoms with van der Waals surface area (Å²) in [6, 6.07) is 13.5. The summed E-state index contributed by atoms with van der Waals surface area (Å²) in [4.78, 5) is 26.9. The number of rotatable bonds is 3. The molecule has 5 heteroatoms. The summed E-state index contributed by atoms with van der Waals surface area (Å²) in [5.74, 6) is 0.175. The molecule has 2 aromatic carbocycles. The fourth-order valence-corrected chi connectivity index (χ4v) is 4.51. The number of halogens is 1. The van der Waals surface area contributed by atoms with Crippen molar-refractivity contribution in [2.45, 2.75) is 43.9 Å². The van der Waals surface area contributed by atoms with E-state index in [9.17, 15) is 9.59 Å². The van der Waals surface area contributed by atoms with Gasteiger partial charge in [0.25, 0.3) is 0 Å². The largest absolute Gasteiger partial charge is 0.325 e. The maximum atomic E-state index is 13.3. The van der Waals surface area contributed by atoms with Crippen LogP contribution in [0, 0.1) is 0 Å². The second-order valence-corrected chi connectivity index (χ2v) is 7.98. The van der Waals surface area contributed by atoms with Crippen molar-refractivity contribution in [2.75, 3.05) is 17.3 Å². The minimum Gasteiger partial charge on any atom is -0.325 e. The molecular formula is C22H23ClN2O2. The van der Waals surface area contributed by atoms with Crippen molar-refractivity contribution in [1.82, 2.24) is 0 Å². The molecule has 4 rings (SSSR count). The van der Waals surface area contributed by atoms with Gasteiger partial charge in [-0.05, 0) is 60.7 Å². The first kappa shape index (κ1) is 18.1. The summed E-state index contributed by atoms with van der Waals surface area (Å²) in [5.41, 5.74) is 3.36. The van der Waals surface area contributed by atoms with Crippen LogP contribution in [0.2, 0.25) is 5.02 Å². The first-order valence-electron chi connectivity index (χ1n) is 9.47. The fraction of sp³-hybridized carbons (Fsp3) is 0.364. The monoisotopic (exact) mass is 382 g/mol. The lowest BCUT2D eigenvalue weighted by Gasteiger charge is -2.29. The zero-order chi connectivity index (χ0) is 19.0.